The maximum Gasteiger partial charge on any atom is 0.320 e. The fourth-order valence-corrected chi connectivity index (χ4v) is 1.38. The van der Waals surface area contributed by atoms with Crippen molar-refractivity contribution in [1.29, 1.82) is 0 Å². The van der Waals surface area contributed by atoms with Gasteiger partial charge < -0.3 is 31.7 Å². The van der Waals surface area contributed by atoms with Crippen LogP contribution in [0.25, 0.3) is 0 Å². The molecule has 0 aromatic heterocycles. The van der Waals surface area contributed by atoms with Crippen LogP contribution in [0.15, 0.2) is 0 Å². The van der Waals surface area contributed by atoms with E-state index in [0.29, 0.717) is 0 Å². The Bertz CT molecular complexity index is 323. The average molecular weight is 291 g/mol. The van der Waals surface area contributed by atoms with E-state index in [0.717, 1.165) is 0 Å². The average Bonchev–Trinajstić information content (AvgIpc) is 2.35. The summed E-state index contributed by atoms with van der Waals surface area (Å²) in [6.07, 6.45) is 0.285. The Morgan fingerprint density at radius 1 is 0.950 bits per heavy atom. The highest BCUT2D eigenvalue weighted by Gasteiger charge is 2.19. The van der Waals surface area contributed by atoms with Crippen LogP contribution in [0, 0.1) is 0 Å². The molecule has 116 valence electrons. The molecule has 3 unspecified atom stereocenters. The largest absolute Gasteiger partial charge is 0.480 e. The fraction of sp³-hybridized carbons (Fsp3) is 0.727. The van der Waals surface area contributed by atoms with Gasteiger partial charge in [0.05, 0.1) is 0 Å². The van der Waals surface area contributed by atoms with Crippen molar-refractivity contribution in [3.8, 4) is 0 Å². The topological polar surface area (TPSA) is 162 Å². The molecule has 0 aliphatic rings. The minimum Gasteiger partial charge on any atom is -0.480 e. The van der Waals surface area contributed by atoms with Crippen molar-refractivity contribution >= 4 is 17.9 Å². The second-order valence-electron chi connectivity index (χ2n) is 4.38. The van der Waals surface area contributed by atoms with Crippen LogP contribution in [0.1, 0.15) is 19.8 Å². The van der Waals surface area contributed by atoms with E-state index in [2.05, 4.69) is 10.6 Å². The minimum atomic E-state index is -1.14. The van der Waals surface area contributed by atoms with E-state index in [4.69, 9.17) is 21.1 Å². The molecule has 0 aromatic rings. The number of carboxylic acids is 3. The molecular formula is C11H21N3O6. The Hall–Kier alpha value is -1.71. The molecule has 0 bridgehead atoms. The van der Waals surface area contributed by atoms with Crippen molar-refractivity contribution < 1.29 is 29.7 Å². The third kappa shape index (κ3) is 7.67. The summed E-state index contributed by atoms with van der Waals surface area (Å²) in [5.74, 6) is -3.24. The third-order valence-electron chi connectivity index (χ3n) is 2.72. The van der Waals surface area contributed by atoms with Gasteiger partial charge >= 0.3 is 17.9 Å². The predicted octanol–water partition coefficient (Wildman–Crippen LogP) is -1.72. The van der Waals surface area contributed by atoms with Crippen LogP contribution in [0.5, 0.6) is 0 Å². The molecule has 0 aliphatic carbocycles. The number of hydrogen-bond acceptors (Lipinski definition) is 6. The zero-order chi connectivity index (χ0) is 15.7. The normalized spacial score (nSPS) is 15.3. The van der Waals surface area contributed by atoms with E-state index >= 15 is 0 Å². The van der Waals surface area contributed by atoms with Crippen LogP contribution in [-0.2, 0) is 14.4 Å². The SMILES string of the molecule is CC(NCCC(NCCC(N)C(=O)O)C(=O)O)C(=O)O. The Kier molecular flexibility index (Phi) is 8.45. The van der Waals surface area contributed by atoms with Gasteiger partial charge in [0.1, 0.15) is 18.1 Å². The van der Waals surface area contributed by atoms with Gasteiger partial charge in [-0.3, -0.25) is 14.4 Å². The van der Waals surface area contributed by atoms with Gasteiger partial charge in [-0.1, -0.05) is 0 Å². The molecule has 0 amide bonds. The smallest absolute Gasteiger partial charge is 0.320 e. The molecule has 0 fully saturated rings. The van der Waals surface area contributed by atoms with Crippen LogP contribution >= 0.6 is 0 Å². The first-order valence-electron chi connectivity index (χ1n) is 6.16. The van der Waals surface area contributed by atoms with Crippen LogP contribution in [0.4, 0.5) is 0 Å². The second-order valence-corrected chi connectivity index (χ2v) is 4.38. The van der Waals surface area contributed by atoms with Crippen LogP contribution in [0.3, 0.4) is 0 Å². The van der Waals surface area contributed by atoms with Crippen molar-refractivity contribution in [2.75, 3.05) is 13.1 Å². The summed E-state index contributed by atoms with van der Waals surface area (Å²) in [6, 6.07) is -2.68. The summed E-state index contributed by atoms with van der Waals surface area (Å²) < 4.78 is 0. The van der Waals surface area contributed by atoms with E-state index in [9.17, 15) is 14.4 Å². The lowest BCUT2D eigenvalue weighted by Crippen LogP contribution is -2.43. The molecule has 9 nitrogen and oxygen atoms in total. The maximum atomic E-state index is 11.0. The molecule has 0 radical (unpaired) electrons. The lowest BCUT2D eigenvalue weighted by Gasteiger charge is -2.16. The van der Waals surface area contributed by atoms with Gasteiger partial charge in [-0.25, -0.2) is 0 Å². The predicted molar refractivity (Wildman–Crippen MR) is 69.4 cm³/mol. The molecule has 0 aliphatic heterocycles. The van der Waals surface area contributed by atoms with E-state index in [-0.39, 0.29) is 25.9 Å². The molecule has 0 aromatic carbocycles. The van der Waals surface area contributed by atoms with Crippen LogP contribution < -0.4 is 16.4 Å². The van der Waals surface area contributed by atoms with Crippen LogP contribution in [0.2, 0.25) is 0 Å². The van der Waals surface area contributed by atoms with Gasteiger partial charge in [0.15, 0.2) is 0 Å². The number of carboxylic acid groups (broad SMARTS) is 3. The minimum absolute atomic E-state index is 0.109. The lowest BCUT2D eigenvalue weighted by atomic mass is 10.1. The first-order valence-corrected chi connectivity index (χ1v) is 6.16. The van der Waals surface area contributed by atoms with Crippen molar-refractivity contribution in [2.45, 2.75) is 37.9 Å². The number of rotatable bonds is 11. The van der Waals surface area contributed by atoms with Gasteiger partial charge in [0.25, 0.3) is 0 Å². The maximum absolute atomic E-state index is 11.0. The van der Waals surface area contributed by atoms with Gasteiger partial charge in [0, 0.05) is 0 Å². The van der Waals surface area contributed by atoms with Crippen molar-refractivity contribution in [3.05, 3.63) is 0 Å². The lowest BCUT2D eigenvalue weighted by molar-refractivity contribution is -0.139. The standard InChI is InChI=1S/C11H21N3O6/c1-6(9(15)16)13-5-3-8(11(19)20)14-4-2-7(12)10(17)18/h6-8,13-14H,2-5,12H2,1H3,(H,15,16)(H,17,18)(H,19,20). The number of aliphatic carboxylic acids is 3. The van der Waals surface area contributed by atoms with Crippen molar-refractivity contribution in [1.82, 2.24) is 10.6 Å². The zero-order valence-corrected chi connectivity index (χ0v) is 11.2. The summed E-state index contributed by atoms with van der Waals surface area (Å²) in [6.45, 7) is 1.82. The highest BCUT2D eigenvalue weighted by Crippen LogP contribution is 1.95. The monoisotopic (exact) mass is 291 g/mol. The first kappa shape index (κ1) is 18.3. The fourth-order valence-electron chi connectivity index (χ4n) is 1.38. The van der Waals surface area contributed by atoms with E-state index in [1.165, 1.54) is 6.92 Å². The number of nitrogens with one attached hydrogen (secondary N) is 2. The molecular weight excluding hydrogens is 270 g/mol. The Labute approximate surface area is 116 Å². The Balaban J connectivity index is 4.03. The molecule has 0 saturated carbocycles. The summed E-state index contributed by atoms with van der Waals surface area (Å²) >= 11 is 0. The molecule has 0 heterocycles. The highest BCUT2D eigenvalue weighted by molar-refractivity contribution is 5.74. The summed E-state index contributed by atoms with van der Waals surface area (Å²) in [7, 11) is 0. The quantitative estimate of drug-likeness (QED) is 0.260. The molecule has 20 heavy (non-hydrogen) atoms. The van der Waals surface area contributed by atoms with Gasteiger partial charge in [0.2, 0.25) is 0 Å². The number of carbonyl (C=O) groups is 3. The van der Waals surface area contributed by atoms with Crippen molar-refractivity contribution in [2.24, 2.45) is 5.73 Å². The third-order valence-corrected chi connectivity index (χ3v) is 2.72. The van der Waals surface area contributed by atoms with Gasteiger partial charge in [-0.15, -0.1) is 0 Å². The zero-order valence-electron chi connectivity index (χ0n) is 11.2. The Morgan fingerprint density at radius 3 is 1.95 bits per heavy atom. The number of nitrogens with two attached hydrogens (primary N) is 1. The molecule has 7 N–H and O–H groups in total. The summed E-state index contributed by atoms with van der Waals surface area (Å²) in [4.78, 5) is 32.0. The molecule has 0 saturated heterocycles. The molecule has 0 spiro atoms. The molecule has 9 heteroatoms. The van der Waals surface area contributed by atoms with Gasteiger partial charge in [-0.05, 0) is 32.9 Å². The summed E-state index contributed by atoms with van der Waals surface area (Å²) in [5, 5.41) is 31.5. The van der Waals surface area contributed by atoms with Gasteiger partial charge in [-0.2, -0.15) is 0 Å². The second kappa shape index (κ2) is 9.23. The highest BCUT2D eigenvalue weighted by atomic mass is 16.4. The Morgan fingerprint density at radius 2 is 1.50 bits per heavy atom. The van der Waals surface area contributed by atoms with E-state index < -0.39 is 36.0 Å². The first-order chi connectivity index (χ1) is 9.25. The summed E-state index contributed by atoms with van der Waals surface area (Å²) in [5.41, 5.74) is 5.29. The molecule has 3 atom stereocenters. The molecule has 0 rings (SSSR count). The number of hydrogen-bond donors (Lipinski definition) is 6. The van der Waals surface area contributed by atoms with Crippen molar-refractivity contribution in [3.63, 3.8) is 0 Å². The van der Waals surface area contributed by atoms with E-state index in [1.807, 2.05) is 0 Å². The van der Waals surface area contributed by atoms with Crippen LogP contribution in [-0.4, -0.2) is 64.4 Å². The van der Waals surface area contributed by atoms with E-state index in [1.54, 1.807) is 0 Å².